The molecule has 2 aromatic carbocycles. The molecule has 0 saturated heterocycles. The minimum atomic E-state index is -0.263. The Morgan fingerprint density at radius 3 is 2.71 bits per heavy atom. The largest absolute Gasteiger partial charge is 0.462 e. The Bertz CT molecular complexity index is 634. The fraction of sp³-hybridized carbons (Fsp3) is 0.278. The van der Waals surface area contributed by atoms with E-state index in [4.69, 9.17) is 4.74 Å². The number of hydrogen-bond donors (Lipinski definition) is 1. The van der Waals surface area contributed by atoms with Crippen LogP contribution in [0.5, 0.6) is 0 Å². The van der Waals surface area contributed by atoms with Gasteiger partial charge in [-0.05, 0) is 42.2 Å². The van der Waals surface area contributed by atoms with Crippen molar-refractivity contribution in [2.24, 2.45) is 0 Å². The number of carbonyl (C=O) groups excluding carboxylic acids is 1. The van der Waals surface area contributed by atoms with Gasteiger partial charge in [-0.15, -0.1) is 0 Å². The van der Waals surface area contributed by atoms with Gasteiger partial charge in [-0.1, -0.05) is 36.4 Å². The van der Waals surface area contributed by atoms with E-state index in [1.54, 1.807) is 0 Å². The lowest BCUT2D eigenvalue weighted by atomic mass is 9.89. The molecule has 0 fully saturated rings. The Labute approximate surface area is 124 Å². The third kappa shape index (κ3) is 2.83. The molecule has 1 aliphatic rings. The highest BCUT2D eigenvalue weighted by molar-refractivity contribution is 5.89. The SMILES string of the molecule is CCOC(=O)c1ccc(C2NCCc3ccccc32)cc1. The van der Waals surface area contributed by atoms with Gasteiger partial charge < -0.3 is 10.1 Å². The first kappa shape index (κ1) is 13.8. The van der Waals surface area contributed by atoms with Crippen LogP contribution < -0.4 is 5.32 Å². The number of hydrogen-bond acceptors (Lipinski definition) is 3. The van der Waals surface area contributed by atoms with Crippen LogP contribution in [0, 0.1) is 0 Å². The van der Waals surface area contributed by atoms with Gasteiger partial charge in [-0.3, -0.25) is 0 Å². The summed E-state index contributed by atoms with van der Waals surface area (Å²) in [6.45, 7) is 3.19. The molecule has 0 saturated carbocycles. The highest BCUT2D eigenvalue weighted by atomic mass is 16.5. The molecule has 1 unspecified atom stereocenters. The van der Waals surface area contributed by atoms with Crippen molar-refractivity contribution >= 4 is 5.97 Å². The molecule has 0 radical (unpaired) electrons. The summed E-state index contributed by atoms with van der Waals surface area (Å²) in [7, 11) is 0. The number of esters is 1. The standard InChI is InChI=1S/C18H19NO2/c1-2-21-18(20)15-9-7-14(8-10-15)17-16-6-4-3-5-13(16)11-12-19-17/h3-10,17,19H,2,11-12H2,1H3. The lowest BCUT2D eigenvalue weighted by molar-refractivity contribution is 0.0526. The molecule has 0 bridgehead atoms. The minimum absolute atomic E-state index is 0.200. The average Bonchev–Trinajstić information content (AvgIpc) is 2.55. The Balaban J connectivity index is 1.87. The zero-order valence-electron chi connectivity index (χ0n) is 12.1. The molecule has 0 spiro atoms. The first-order valence-electron chi connectivity index (χ1n) is 7.38. The van der Waals surface area contributed by atoms with Crippen molar-refractivity contribution in [2.75, 3.05) is 13.2 Å². The van der Waals surface area contributed by atoms with Crippen molar-refractivity contribution in [3.8, 4) is 0 Å². The van der Waals surface area contributed by atoms with Crippen molar-refractivity contribution < 1.29 is 9.53 Å². The number of nitrogens with one attached hydrogen (secondary N) is 1. The normalized spacial score (nSPS) is 17.1. The summed E-state index contributed by atoms with van der Waals surface area (Å²) in [5.74, 6) is -0.263. The van der Waals surface area contributed by atoms with E-state index in [1.165, 1.54) is 16.7 Å². The predicted octanol–water partition coefficient (Wildman–Crippen LogP) is 3.10. The predicted molar refractivity (Wildman–Crippen MR) is 82.4 cm³/mol. The quantitative estimate of drug-likeness (QED) is 0.879. The second-order valence-corrected chi connectivity index (χ2v) is 5.18. The zero-order valence-corrected chi connectivity index (χ0v) is 12.1. The van der Waals surface area contributed by atoms with Crippen LogP contribution in [0.1, 0.15) is 40.0 Å². The molecule has 1 N–H and O–H groups in total. The van der Waals surface area contributed by atoms with Gasteiger partial charge in [0.05, 0.1) is 18.2 Å². The van der Waals surface area contributed by atoms with E-state index in [-0.39, 0.29) is 12.0 Å². The summed E-state index contributed by atoms with van der Waals surface area (Å²) in [5.41, 5.74) is 4.50. The molecule has 3 rings (SSSR count). The Hall–Kier alpha value is -2.13. The number of ether oxygens (including phenoxy) is 1. The maximum Gasteiger partial charge on any atom is 0.338 e. The highest BCUT2D eigenvalue weighted by Gasteiger charge is 2.20. The fourth-order valence-corrected chi connectivity index (χ4v) is 2.83. The number of carbonyl (C=O) groups is 1. The van der Waals surface area contributed by atoms with Crippen LogP contribution in [0.3, 0.4) is 0 Å². The molecule has 1 aliphatic heterocycles. The van der Waals surface area contributed by atoms with E-state index < -0.39 is 0 Å². The fourth-order valence-electron chi connectivity index (χ4n) is 2.83. The third-order valence-electron chi connectivity index (χ3n) is 3.86. The van der Waals surface area contributed by atoms with Crippen molar-refractivity contribution in [2.45, 2.75) is 19.4 Å². The summed E-state index contributed by atoms with van der Waals surface area (Å²) in [6, 6.07) is 16.4. The van der Waals surface area contributed by atoms with Crippen LogP contribution in [-0.2, 0) is 11.2 Å². The summed E-state index contributed by atoms with van der Waals surface area (Å²) in [5, 5.41) is 3.55. The Morgan fingerprint density at radius 2 is 1.95 bits per heavy atom. The van der Waals surface area contributed by atoms with E-state index in [9.17, 15) is 4.79 Å². The zero-order chi connectivity index (χ0) is 14.7. The molecule has 21 heavy (non-hydrogen) atoms. The van der Waals surface area contributed by atoms with E-state index in [0.717, 1.165) is 13.0 Å². The second-order valence-electron chi connectivity index (χ2n) is 5.18. The number of benzene rings is 2. The summed E-state index contributed by atoms with van der Waals surface area (Å²) in [6.07, 6.45) is 1.06. The summed E-state index contributed by atoms with van der Waals surface area (Å²) in [4.78, 5) is 11.7. The third-order valence-corrected chi connectivity index (χ3v) is 3.86. The van der Waals surface area contributed by atoms with Gasteiger partial charge in [0.15, 0.2) is 0 Å². The van der Waals surface area contributed by atoms with Crippen molar-refractivity contribution in [1.82, 2.24) is 5.32 Å². The molecular formula is C18H19NO2. The lowest BCUT2D eigenvalue weighted by Crippen LogP contribution is -2.30. The lowest BCUT2D eigenvalue weighted by Gasteiger charge is -2.27. The van der Waals surface area contributed by atoms with Crippen molar-refractivity contribution in [3.05, 3.63) is 70.8 Å². The molecule has 0 aliphatic carbocycles. The number of fused-ring (bicyclic) bond motifs is 1. The molecule has 0 amide bonds. The molecule has 1 atom stereocenters. The molecule has 2 aromatic rings. The van der Waals surface area contributed by atoms with Crippen LogP contribution in [0.15, 0.2) is 48.5 Å². The summed E-state index contributed by atoms with van der Waals surface area (Å²) >= 11 is 0. The van der Waals surface area contributed by atoms with E-state index in [2.05, 4.69) is 29.6 Å². The van der Waals surface area contributed by atoms with E-state index in [0.29, 0.717) is 12.2 Å². The average molecular weight is 281 g/mol. The van der Waals surface area contributed by atoms with Gasteiger partial charge in [0.25, 0.3) is 0 Å². The van der Waals surface area contributed by atoms with Gasteiger partial charge in [0, 0.05) is 6.54 Å². The molecule has 3 nitrogen and oxygen atoms in total. The molecular weight excluding hydrogens is 262 g/mol. The topological polar surface area (TPSA) is 38.3 Å². The van der Waals surface area contributed by atoms with Crippen molar-refractivity contribution in [1.29, 1.82) is 0 Å². The van der Waals surface area contributed by atoms with Gasteiger partial charge >= 0.3 is 5.97 Å². The second kappa shape index (κ2) is 6.10. The van der Waals surface area contributed by atoms with Crippen LogP contribution in [0.4, 0.5) is 0 Å². The Morgan fingerprint density at radius 1 is 1.19 bits per heavy atom. The molecule has 3 heteroatoms. The van der Waals surface area contributed by atoms with Gasteiger partial charge in [-0.2, -0.15) is 0 Å². The van der Waals surface area contributed by atoms with E-state index in [1.807, 2.05) is 31.2 Å². The van der Waals surface area contributed by atoms with Gasteiger partial charge in [0.1, 0.15) is 0 Å². The van der Waals surface area contributed by atoms with Crippen LogP contribution in [-0.4, -0.2) is 19.1 Å². The van der Waals surface area contributed by atoms with Crippen LogP contribution in [0.2, 0.25) is 0 Å². The smallest absolute Gasteiger partial charge is 0.338 e. The monoisotopic (exact) mass is 281 g/mol. The first-order valence-corrected chi connectivity index (χ1v) is 7.38. The Kier molecular flexibility index (Phi) is 4.02. The first-order chi connectivity index (χ1) is 10.3. The maximum atomic E-state index is 11.7. The van der Waals surface area contributed by atoms with Crippen LogP contribution >= 0.6 is 0 Å². The van der Waals surface area contributed by atoms with E-state index >= 15 is 0 Å². The molecule has 0 aromatic heterocycles. The molecule has 108 valence electrons. The molecule has 1 heterocycles. The van der Waals surface area contributed by atoms with Gasteiger partial charge in [-0.25, -0.2) is 4.79 Å². The van der Waals surface area contributed by atoms with Crippen molar-refractivity contribution in [3.63, 3.8) is 0 Å². The van der Waals surface area contributed by atoms with Gasteiger partial charge in [0.2, 0.25) is 0 Å². The maximum absolute atomic E-state index is 11.7. The minimum Gasteiger partial charge on any atom is -0.462 e. The van der Waals surface area contributed by atoms with Crippen LogP contribution in [0.25, 0.3) is 0 Å². The summed E-state index contributed by atoms with van der Waals surface area (Å²) < 4.78 is 5.01. The number of rotatable bonds is 3. The highest BCUT2D eigenvalue weighted by Crippen LogP contribution is 2.28.